The SMILES string of the molecule is COc1ccc(CCC(=O)N(C)C(C)CN)cc1F. The number of nitrogens with two attached hydrogens (primary N) is 1. The Morgan fingerprint density at radius 3 is 2.74 bits per heavy atom. The van der Waals surface area contributed by atoms with Gasteiger partial charge in [-0.3, -0.25) is 4.79 Å². The van der Waals surface area contributed by atoms with Crippen LogP contribution < -0.4 is 10.5 Å². The monoisotopic (exact) mass is 268 g/mol. The van der Waals surface area contributed by atoms with Crippen LogP contribution in [0.3, 0.4) is 0 Å². The Morgan fingerprint density at radius 1 is 1.53 bits per heavy atom. The molecule has 0 fully saturated rings. The maximum absolute atomic E-state index is 13.5. The zero-order valence-corrected chi connectivity index (χ0v) is 11.6. The van der Waals surface area contributed by atoms with Crippen LogP contribution in [-0.4, -0.2) is 37.6 Å². The van der Waals surface area contributed by atoms with Crippen molar-refractivity contribution in [2.75, 3.05) is 20.7 Å². The molecule has 0 saturated heterocycles. The molecular weight excluding hydrogens is 247 g/mol. The fourth-order valence-corrected chi connectivity index (χ4v) is 1.70. The van der Waals surface area contributed by atoms with Crippen molar-refractivity contribution in [2.45, 2.75) is 25.8 Å². The number of methoxy groups -OCH3 is 1. The number of nitrogens with zero attached hydrogens (tertiary/aromatic N) is 1. The lowest BCUT2D eigenvalue weighted by Gasteiger charge is -2.23. The van der Waals surface area contributed by atoms with Gasteiger partial charge in [0.05, 0.1) is 7.11 Å². The van der Waals surface area contributed by atoms with Crippen LogP contribution in [0.15, 0.2) is 18.2 Å². The largest absolute Gasteiger partial charge is 0.494 e. The van der Waals surface area contributed by atoms with Crippen LogP contribution in [0, 0.1) is 5.82 Å². The van der Waals surface area contributed by atoms with Crippen LogP contribution in [-0.2, 0) is 11.2 Å². The summed E-state index contributed by atoms with van der Waals surface area (Å²) in [5, 5.41) is 0. The quantitative estimate of drug-likeness (QED) is 0.852. The zero-order valence-electron chi connectivity index (χ0n) is 11.6. The number of rotatable bonds is 6. The molecule has 5 heteroatoms. The van der Waals surface area contributed by atoms with E-state index < -0.39 is 5.82 Å². The highest BCUT2D eigenvalue weighted by Gasteiger charge is 2.14. The van der Waals surface area contributed by atoms with Crippen molar-refractivity contribution in [1.82, 2.24) is 4.90 Å². The molecular formula is C14H21FN2O2. The minimum absolute atomic E-state index is 0.00850. The van der Waals surface area contributed by atoms with Gasteiger partial charge in [0, 0.05) is 26.1 Å². The Balaban J connectivity index is 2.57. The van der Waals surface area contributed by atoms with Gasteiger partial charge in [-0.25, -0.2) is 4.39 Å². The molecule has 19 heavy (non-hydrogen) atoms. The minimum Gasteiger partial charge on any atom is -0.494 e. The van der Waals surface area contributed by atoms with Gasteiger partial charge in [0.15, 0.2) is 11.6 Å². The molecule has 0 saturated carbocycles. The molecule has 0 aromatic heterocycles. The van der Waals surface area contributed by atoms with E-state index in [2.05, 4.69) is 0 Å². The molecule has 106 valence electrons. The molecule has 1 aromatic rings. The number of carbonyl (C=O) groups is 1. The third-order valence-electron chi connectivity index (χ3n) is 3.24. The number of aryl methyl sites for hydroxylation is 1. The Kier molecular flexibility index (Phi) is 5.76. The van der Waals surface area contributed by atoms with E-state index in [0.29, 0.717) is 19.4 Å². The molecule has 1 rings (SSSR count). The first kappa shape index (κ1) is 15.4. The van der Waals surface area contributed by atoms with Crippen molar-refractivity contribution in [3.05, 3.63) is 29.6 Å². The predicted octanol–water partition coefficient (Wildman–Crippen LogP) is 1.57. The molecule has 0 spiro atoms. The molecule has 4 nitrogen and oxygen atoms in total. The lowest BCUT2D eigenvalue weighted by Crippen LogP contribution is -2.39. The number of halogens is 1. The molecule has 0 aliphatic heterocycles. The summed E-state index contributed by atoms with van der Waals surface area (Å²) in [4.78, 5) is 13.5. The molecule has 0 bridgehead atoms. The first-order chi connectivity index (χ1) is 8.99. The predicted molar refractivity (Wildman–Crippen MR) is 72.6 cm³/mol. The number of benzene rings is 1. The van der Waals surface area contributed by atoms with Gasteiger partial charge in [0.2, 0.25) is 5.91 Å². The smallest absolute Gasteiger partial charge is 0.222 e. The minimum atomic E-state index is -0.406. The standard InChI is InChI=1S/C14H21FN2O2/c1-10(9-16)17(2)14(18)7-5-11-4-6-13(19-3)12(15)8-11/h4,6,8,10H,5,7,9,16H2,1-3H3. The highest BCUT2D eigenvalue weighted by atomic mass is 19.1. The van der Waals surface area contributed by atoms with Crippen LogP contribution in [0.25, 0.3) is 0 Å². The highest BCUT2D eigenvalue weighted by Crippen LogP contribution is 2.18. The van der Waals surface area contributed by atoms with E-state index >= 15 is 0 Å². The summed E-state index contributed by atoms with van der Waals surface area (Å²) in [7, 11) is 3.15. The first-order valence-electron chi connectivity index (χ1n) is 6.27. The topological polar surface area (TPSA) is 55.6 Å². The van der Waals surface area contributed by atoms with Crippen LogP contribution >= 0.6 is 0 Å². The van der Waals surface area contributed by atoms with Crippen LogP contribution in [0.2, 0.25) is 0 Å². The first-order valence-corrected chi connectivity index (χ1v) is 6.27. The van der Waals surface area contributed by atoms with Gasteiger partial charge >= 0.3 is 0 Å². The van der Waals surface area contributed by atoms with Crippen LogP contribution in [0.4, 0.5) is 4.39 Å². The van der Waals surface area contributed by atoms with Crippen molar-refractivity contribution < 1.29 is 13.9 Å². The van der Waals surface area contributed by atoms with Crippen molar-refractivity contribution in [2.24, 2.45) is 5.73 Å². The fourth-order valence-electron chi connectivity index (χ4n) is 1.70. The van der Waals surface area contributed by atoms with E-state index in [-0.39, 0.29) is 17.7 Å². The summed E-state index contributed by atoms with van der Waals surface area (Å²) in [6.45, 7) is 2.32. The van der Waals surface area contributed by atoms with E-state index in [0.717, 1.165) is 5.56 Å². The van der Waals surface area contributed by atoms with Crippen LogP contribution in [0.1, 0.15) is 18.9 Å². The second kappa shape index (κ2) is 7.09. The summed E-state index contributed by atoms with van der Waals surface area (Å²) in [6, 6.07) is 4.75. The van der Waals surface area contributed by atoms with E-state index in [1.54, 1.807) is 24.1 Å². The number of hydrogen-bond donors (Lipinski definition) is 1. The average Bonchev–Trinajstić information content (AvgIpc) is 2.43. The maximum atomic E-state index is 13.5. The van der Waals surface area contributed by atoms with Gasteiger partial charge in [-0.1, -0.05) is 6.07 Å². The van der Waals surface area contributed by atoms with Gasteiger partial charge < -0.3 is 15.4 Å². The third kappa shape index (κ3) is 4.21. The van der Waals surface area contributed by atoms with Crippen molar-refractivity contribution >= 4 is 5.91 Å². The maximum Gasteiger partial charge on any atom is 0.222 e. The normalized spacial score (nSPS) is 12.1. The number of hydrogen-bond acceptors (Lipinski definition) is 3. The Morgan fingerprint density at radius 2 is 2.21 bits per heavy atom. The summed E-state index contributed by atoms with van der Waals surface area (Å²) >= 11 is 0. The molecule has 1 aromatic carbocycles. The Hall–Kier alpha value is -1.62. The van der Waals surface area contributed by atoms with Crippen molar-refractivity contribution in [3.8, 4) is 5.75 Å². The number of carbonyl (C=O) groups excluding carboxylic acids is 1. The molecule has 1 amide bonds. The van der Waals surface area contributed by atoms with E-state index in [4.69, 9.17) is 10.5 Å². The summed E-state index contributed by atoms with van der Waals surface area (Å²) in [5.41, 5.74) is 6.29. The zero-order chi connectivity index (χ0) is 14.4. The number of ether oxygens (including phenoxy) is 1. The van der Waals surface area contributed by atoms with Crippen molar-refractivity contribution in [1.29, 1.82) is 0 Å². The lowest BCUT2D eigenvalue weighted by molar-refractivity contribution is -0.131. The second-order valence-corrected chi connectivity index (χ2v) is 4.56. The molecule has 0 aliphatic carbocycles. The summed E-state index contributed by atoms with van der Waals surface area (Å²) in [6.07, 6.45) is 0.841. The molecule has 0 aliphatic rings. The lowest BCUT2D eigenvalue weighted by atomic mass is 10.1. The molecule has 0 radical (unpaired) electrons. The van der Waals surface area contributed by atoms with Gasteiger partial charge in [-0.05, 0) is 31.0 Å². The van der Waals surface area contributed by atoms with E-state index in [1.807, 2.05) is 6.92 Å². The van der Waals surface area contributed by atoms with E-state index in [1.165, 1.54) is 13.2 Å². The second-order valence-electron chi connectivity index (χ2n) is 4.56. The van der Waals surface area contributed by atoms with Gasteiger partial charge in [0.1, 0.15) is 0 Å². The number of amides is 1. The number of likely N-dealkylation sites (N-methyl/N-ethyl adjacent to an activating group) is 1. The molecule has 1 atom stereocenters. The van der Waals surface area contributed by atoms with Gasteiger partial charge in [0.25, 0.3) is 0 Å². The third-order valence-corrected chi connectivity index (χ3v) is 3.24. The van der Waals surface area contributed by atoms with Gasteiger partial charge in [-0.15, -0.1) is 0 Å². The Bertz CT molecular complexity index is 437. The molecule has 0 heterocycles. The summed E-state index contributed by atoms with van der Waals surface area (Å²) in [5.74, 6) is -0.186. The summed E-state index contributed by atoms with van der Waals surface area (Å²) < 4.78 is 18.3. The van der Waals surface area contributed by atoms with Crippen LogP contribution in [0.5, 0.6) is 5.75 Å². The highest BCUT2D eigenvalue weighted by molar-refractivity contribution is 5.76. The van der Waals surface area contributed by atoms with Gasteiger partial charge in [-0.2, -0.15) is 0 Å². The fraction of sp³-hybridized carbons (Fsp3) is 0.500. The molecule has 2 N–H and O–H groups in total. The average molecular weight is 268 g/mol. The van der Waals surface area contributed by atoms with E-state index in [9.17, 15) is 9.18 Å². The van der Waals surface area contributed by atoms with Crippen molar-refractivity contribution in [3.63, 3.8) is 0 Å². The Labute approximate surface area is 113 Å². The molecule has 1 unspecified atom stereocenters.